The van der Waals surface area contributed by atoms with E-state index in [0.717, 1.165) is 23.9 Å². The van der Waals surface area contributed by atoms with E-state index in [2.05, 4.69) is 15.9 Å². The highest BCUT2D eigenvalue weighted by molar-refractivity contribution is 9.10. The van der Waals surface area contributed by atoms with Gasteiger partial charge in [-0.2, -0.15) is 0 Å². The monoisotopic (exact) mass is 352 g/mol. The minimum absolute atomic E-state index is 0.0896. The van der Waals surface area contributed by atoms with Gasteiger partial charge in [0.2, 0.25) is 5.91 Å². The van der Waals surface area contributed by atoms with Gasteiger partial charge in [0.05, 0.1) is 0 Å². The number of halogens is 1. The number of aromatic nitrogens is 1. The van der Waals surface area contributed by atoms with Gasteiger partial charge in [0.15, 0.2) is 0 Å². The lowest BCUT2D eigenvalue weighted by molar-refractivity contribution is -0.138. The lowest BCUT2D eigenvalue weighted by atomic mass is 9.78. The number of nitrogens with zero attached hydrogens (tertiary/aromatic N) is 2. The van der Waals surface area contributed by atoms with E-state index in [1.165, 1.54) is 36.3 Å². The zero-order chi connectivity index (χ0) is 14.8. The Morgan fingerprint density at radius 2 is 1.95 bits per heavy atom. The summed E-state index contributed by atoms with van der Waals surface area (Å²) in [6, 6.07) is 3.61. The molecule has 1 aromatic rings. The van der Waals surface area contributed by atoms with Crippen LogP contribution in [0.15, 0.2) is 27.6 Å². The molecular formula is C16H21BrN2O2. The van der Waals surface area contributed by atoms with Gasteiger partial charge in [0.25, 0.3) is 5.56 Å². The lowest BCUT2D eigenvalue weighted by Crippen LogP contribution is -2.51. The molecule has 3 rings (SSSR count). The number of likely N-dealkylation sites (tertiary alicyclic amines) is 1. The van der Waals surface area contributed by atoms with Gasteiger partial charge in [0.1, 0.15) is 6.54 Å². The summed E-state index contributed by atoms with van der Waals surface area (Å²) >= 11 is 3.35. The molecule has 2 atom stereocenters. The van der Waals surface area contributed by atoms with Crippen LogP contribution in [0.25, 0.3) is 0 Å². The van der Waals surface area contributed by atoms with Crippen LogP contribution in [0, 0.1) is 5.92 Å². The van der Waals surface area contributed by atoms with Crippen LogP contribution in [0.2, 0.25) is 0 Å². The SMILES string of the molecule is O=C(Cn1cc(Br)ccc1=O)N1CCC[C@H]2CCCC[C@H]21. The summed E-state index contributed by atoms with van der Waals surface area (Å²) < 4.78 is 2.32. The van der Waals surface area contributed by atoms with E-state index in [9.17, 15) is 9.59 Å². The first kappa shape index (κ1) is 14.8. The highest BCUT2D eigenvalue weighted by atomic mass is 79.9. The van der Waals surface area contributed by atoms with Crippen LogP contribution in [-0.4, -0.2) is 28.0 Å². The first-order valence-corrected chi connectivity index (χ1v) is 8.60. The largest absolute Gasteiger partial charge is 0.338 e. The molecule has 0 unspecified atom stereocenters. The first-order valence-electron chi connectivity index (χ1n) is 7.80. The molecule has 0 aromatic carbocycles. The number of pyridine rings is 1. The smallest absolute Gasteiger partial charge is 0.251 e. The summed E-state index contributed by atoms with van der Waals surface area (Å²) in [5, 5.41) is 0. The van der Waals surface area contributed by atoms with Gasteiger partial charge >= 0.3 is 0 Å². The van der Waals surface area contributed by atoms with E-state index in [4.69, 9.17) is 0 Å². The third kappa shape index (κ3) is 3.23. The maximum Gasteiger partial charge on any atom is 0.251 e. The van der Waals surface area contributed by atoms with E-state index in [0.29, 0.717) is 12.0 Å². The molecule has 0 radical (unpaired) electrons. The number of rotatable bonds is 2. The van der Waals surface area contributed by atoms with Crippen molar-refractivity contribution >= 4 is 21.8 Å². The molecule has 1 saturated heterocycles. The Morgan fingerprint density at radius 3 is 2.81 bits per heavy atom. The Balaban J connectivity index is 1.75. The molecule has 0 bridgehead atoms. The number of piperidine rings is 1. The fraction of sp³-hybridized carbons (Fsp3) is 0.625. The minimum Gasteiger partial charge on any atom is -0.338 e. The third-order valence-electron chi connectivity index (χ3n) is 4.82. The van der Waals surface area contributed by atoms with Gasteiger partial charge in [-0.05, 0) is 53.6 Å². The van der Waals surface area contributed by atoms with Crippen molar-refractivity contribution in [3.05, 3.63) is 33.2 Å². The molecular weight excluding hydrogens is 332 g/mol. The average Bonchev–Trinajstić information content (AvgIpc) is 2.50. The van der Waals surface area contributed by atoms with Crippen molar-refractivity contribution < 1.29 is 4.79 Å². The quantitative estimate of drug-likeness (QED) is 0.821. The van der Waals surface area contributed by atoms with Gasteiger partial charge in [-0.1, -0.05) is 12.8 Å². The predicted octanol–water partition coefficient (Wildman–Crippen LogP) is 2.79. The van der Waals surface area contributed by atoms with E-state index < -0.39 is 0 Å². The molecule has 2 heterocycles. The zero-order valence-electron chi connectivity index (χ0n) is 12.1. The molecule has 21 heavy (non-hydrogen) atoms. The highest BCUT2D eigenvalue weighted by Gasteiger charge is 2.35. The summed E-state index contributed by atoms with van der Waals surface area (Å²) in [7, 11) is 0. The molecule has 1 aromatic heterocycles. The van der Waals surface area contributed by atoms with Gasteiger partial charge in [-0.25, -0.2) is 0 Å². The Bertz CT molecular complexity index is 582. The van der Waals surface area contributed by atoms with Crippen LogP contribution in [0.1, 0.15) is 38.5 Å². The molecule has 2 fully saturated rings. The van der Waals surface area contributed by atoms with Crippen molar-refractivity contribution in [2.24, 2.45) is 5.92 Å². The van der Waals surface area contributed by atoms with Crippen LogP contribution >= 0.6 is 15.9 Å². The maximum atomic E-state index is 12.6. The number of carbonyl (C=O) groups excluding carboxylic acids is 1. The molecule has 1 saturated carbocycles. The summed E-state index contributed by atoms with van der Waals surface area (Å²) in [5.74, 6) is 0.766. The maximum absolute atomic E-state index is 12.6. The van der Waals surface area contributed by atoms with Crippen LogP contribution in [0.3, 0.4) is 0 Å². The highest BCUT2D eigenvalue weighted by Crippen LogP contribution is 2.35. The fourth-order valence-electron chi connectivity index (χ4n) is 3.80. The predicted molar refractivity (Wildman–Crippen MR) is 85.1 cm³/mol. The van der Waals surface area contributed by atoms with Gasteiger partial charge in [0, 0.05) is 29.3 Å². The summed E-state index contributed by atoms with van der Waals surface area (Å²) in [6.45, 7) is 1.00. The number of hydrogen-bond acceptors (Lipinski definition) is 2. The number of amides is 1. The molecule has 0 N–H and O–H groups in total. The first-order chi connectivity index (χ1) is 10.1. The van der Waals surface area contributed by atoms with E-state index >= 15 is 0 Å². The molecule has 2 aliphatic rings. The molecule has 5 heteroatoms. The molecule has 1 amide bonds. The van der Waals surface area contributed by atoms with E-state index in [1.54, 1.807) is 12.3 Å². The topological polar surface area (TPSA) is 42.3 Å². The molecule has 4 nitrogen and oxygen atoms in total. The Labute approximate surface area is 133 Å². The lowest BCUT2D eigenvalue weighted by Gasteiger charge is -2.44. The number of fused-ring (bicyclic) bond motifs is 1. The number of carbonyl (C=O) groups is 1. The summed E-state index contributed by atoms with van der Waals surface area (Å²) in [6.07, 6.45) is 8.96. The number of hydrogen-bond donors (Lipinski definition) is 0. The molecule has 1 aliphatic carbocycles. The third-order valence-corrected chi connectivity index (χ3v) is 5.29. The van der Waals surface area contributed by atoms with Gasteiger partial charge in [-0.15, -0.1) is 0 Å². The standard InChI is InChI=1S/C16H21BrN2O2/c17-13-7-8-15(20)18(10-13)11-16(21)19-9-3-5-12-4-1-2-6-14(12)19/h7-8,10,12,14H,1-6,9,11H2/t12-,14-/m1/s1. The fourth-order valence-corrected chi connectivity index (χ4v) is 4.18. The summed E-state index contributed by atoms with van der Waals surface area (Å²) in [5.41, 5.74) is -0.122. The Kier molecular flexibility index (Phi) is 4.48. The van der Waals surface area contributed by atoms with E-state index in [1.807, 2.05) is 4.90 Å². The van der Waals surface area contributed by atoms with Crippen molar-refractivity contribution in [1.82, 2.24) is 9.47 Å². The average molecular weight is 353 g/mol. The van der Waals surface area contributed by atoms with E-state index in [-0.39, 0.29) is 18.0 Å². The van der Waals surface area contributed by atoms with Crippen LogP contribution in [0.5, 0.6) is 0 Å². The molecule has 0 spiro atoms. The van der Waals surface area contributed by atoms with Crippen molar-refractivity contribution in [3.8, 4) is 0 Å². The second-order valence-electron chi connectivity index (χ2n) is 6.15. The van der Waals surface area contributed by atoms with Gasteiger partial charge in [-0.3, -0.25) is 9.59 Å². The Morgan fingerprint density at radius 1 is 1.19 bits per heavy atom. The molecule has 1 aliphatic heterocycles. The zero-order valence-corrected chi connectivity index (χ0v) is 13.7. The Hall–Kier alpha value is -1.10. The normalized spacial score (nSPS) is 25.5. The van der Waals surface area contributed by atoms with Crippen molar-refractivity contribution in [2.75, 3.05) is 6.54 Å². The second kappa shape index (κ2) is 6.34. The van der Waals surface area contributed by atoms with Crippen LogP contribution in [0.4, 0.5) is 0 Å². The second-order valence-corrected chi connectivity index (χ2v) is 7.07. The van der Waals surface area contributed by atoms with Crippen LogP contribution < -0.4 is 5.56 Å². The van der Waals surface area contributed by atoms with Gasteiger partial charge < -0.3 is 9.47 Å². The van der Waals surface area contributed by atoms with Crippen molar-refractivity contribution in [3.63, 3.8) is 0 Å². The minimum atomic E-state index is -0.122. The summed E-state index contributed by atoms with van der Waals surface area (Å²) in [4.78, 5) is 26.5. The van der Waals surface area contributed by atoms with Crippen molar-refractivity contribution in [2.45, 2.75) is 51.1 Å². The van der Waals surface area contributed by atoms with Crippen LogP contribution in [-0.2, 0) is 11.3 Å². The van der Waals surface area contributed by atoms with Crippen molar-refractivity contribution in [1.29, 1.82) is 0 Å². The molecule has 114 valence electrons.